The summed E-state index contributed by atoms with van der Waals surface area (Å²) in [5, 5.41) is 21.4. The van der Waals surface area contributed by atoms with Gasteiger partial charge in [0, 0.05) is 23.4 Å². The molecule has 3 rings (SSSR count). The highest BCUT2D eigenvalue weighted by Crippen LogP contribution is 2.32. The molecule has 0 amide bonds. The highest BCUT2D eigenvalue weighted by molar-refractivity contribution is 6.33. The summed E-state index contributed by atoms with van der Waals surface area (Å²) in [5.41, 5.74) is 2.94. The highest BCUT2D eigenvalue weighted by Gasteiger charge is 2.13. The van der Waals surface area contributed by atoms with Crippen LogP contribution in [0.25, 0.3) is 11.3 Å². The number of hydrogen-bond donors (Lipinski definition) is 2. The number of H-pyrrole nitrogens is 1. The second-order valence-electron chi connectivity index (χ2n) is 5.99. The van der Waals surface area contributed by atoms with E-state index < -0.39 is 4.92 Å². The molecule has 0 saturated heterocycles. The Kier molecular flexibility index (Phi) is 5.70. The van der Waals surface area contributed by atoms with E-state index in [1.165, 1.54) is 17.7 Å². The minimum absolute atomic E-state index is 0.0416. The summed E-state index contributed by atoms with van der Waals surface area (Å²) < 4.78 is 5.79. The van der Waals surface area contributed by atoms with Gasteiger partial charge in [-0.3, -0.25) is 15.2 Å². The van der Waals surface area contributed by atoms with Gasteiger partial charge in [-0.05, 0) is 50.1 Å². The summed E-state index contributed by atoms with van der Waals surface area (Å²) in [4.78, 5) is 10.3. The van der Waals surface area contributed by atoms with Crippen LogP contribution in [0.4, 0.5) is 5.69 Å². The fraction of sp³-hybridized carbons (Fsp3) is 0.278. The third-order valence-corrected chi connectivity index (χ3v) is 4.44. The summed E-state index contributed by atoms with van der Waals surface area (Å²) in [7, 11) is 0. The normalized spacial score (nSPS) is 11.0. The zero-order valence-electron chi connectivity index (χ0n) is 14.3. The molecule has 0 aliphatic rings. The van der Waals surface area contributed by atoms with Crippen LogP contribution in [0.2, 0.25) is 5.02 Å². The number of nitro groups is 1. The Morgan fingerprint density at radius 3 is 2.88 bits per heavy atom. The maximum atomic E-state index is 10.8. The van der Waals surface area contributed by atoms with E-state index in [9.17, 15) is 10.1 Å². The van der Waals surface area contributed by atoms with Crippen LogP contribution >= 0.6 is 11.6 Å². The predicted octanol–water partition coefficient (Wildman–Crippen LogP) is 4.26. The molecule has 1 aromatic carbocycles. The third-order valence-electron chi connectivity index (χ3n) is 4.12. The van der Waals surface area contributed by atoms with Gasteiger partial charge >= 0.3 is 0 Å². The average molecular weight is 375 g/mol. The molecule has 0 saturated carbocycles. The molecule has 136 valence electrons. The first-order valence-electron chi connectivity index (χ1n) is 8.27. The molecular formula is C18H19ClN4O3. The van der Waals surface area contributed by atoms with Gasteiger partial charge < -0.3 is 9.73 Å². The summed E-state index contributed by atoms with van der Waals surface area (Å²) in [6.45, 7) is 3.48. The van der Waals surface area contributed by atoms with E-state index in [1.807, 2.05) is 25.3 Å². The Hall–Kier alpha value is -2.64. The van der Waals surface area contributed by atoms with Crippen molar-refractivity contribution in [2.45, 2.75) is 26.3 Å². The fourth-order valence-electron chi connectivity index (χ4n) is 2.68. The summed E-state index contributed by atoms with van der Waals surface area (Å²) >= 11 is 6.14. The zero-order chi connectivity index (χ0) is 18.5. The van der Waals surface area contributed by atoms with E-state index in [0.717, 1.165) is 30.8 Å². The molecule has 0 fully saturated rings. The Labute approximate surface area is 155 Å². The maximum absolute atomic E-state index is 10.8. The molecule has 0 atom stereocenters. The van der Waals surface area contributed by atoms with Gasteiger partial charge in [-0.25, -0.2) is 0 Å². The standard InChI is InChI=1S/C18H19ClN4O3/c1-12-13(10-21-22-12)3-2-8-20-11-15-5-7-18(26-15)16-6-4-14(23(24)25)9-17(16)19/h4-7,9-10,20H,2-3,8,11H2,1H3,(H,21,22). The number of nitro benzene ring substituents is 1. The first-order chi connectivity index (χ1) is 12.5. The van der Waals surface area contributed by atoms with Gasteiger partial charge in [-0.1, -0.05) is 11.6 Å². The molecule has 0 bridgehead atoms. The Morgan fingerprint density at radius 2 is 2.19 bits per heavy atom. The quantitative estimate of drug-likeness (QED) is 0.349. The van der Waals surface area contributed by atoms with Gasteiger partial charge in [0.15, 0.2) is 0 Å². The van der Waals surface area contributed by atoms with Crippen LogP contribution < -0.4 is 5.32 Å². The van der Waals surface area contributed by atoms with Gasteiger partial charge in [0.05, 0.1) is 22.7 Å². The van der Waals surface area contributed by atoms with E-state index in [-0.39, 0.29) is 5.69 Å². The molecule has 0 unspecified atom stereocenters. The lowest BCUT2D eigenvalue weighted by Crippen LogP contribution is -2.14. The number of hydrogen-bond acceptors (Lipinski definition) is 5. The van der Waals surface area contributed by atoms with Gasteiger partial charge in [0.2, 0.25) is 0 Å². The van der Waals surface area contributed by atoms with E-state index >= 15 is 0 Å². The topological polar surface area (TPSA) is 97.0 Å². The van der Waals surface area contributed by atoms with Crippen LogP contribution in [0.3, 0.4) is 0 Å². The van der Waals surface area contributed by atoms with Crippen molar-refractivity contribution in [3.63, 3.8) is 0 Å². The Bertz CT molecular complexity index is 903. The zero-order valence-corrected chi connectivity index (χ0v) is 15.0. The van der Waals surface area contributed by atoms with E-state index in [0.29, 0.717) is 22.9 Å². The van der Waals surface area contributed by atoms with Crippen molar-refractivity contribution >= 4 is 17.3 Å². The number of rotatable bonds is 8. The number of furan rings is 1. The Balaban J connectivity index is 1.52. The lowest BCUT2D eigenvalue weighted by molar-refractivity contribution is -0.384. The van der Waals surface area contributed by atoms with Crippen LogP contribution in [0, 0.1) is 17.0 Å². The van der Waals surface area contributed by atoms with Gasteiger partial charge in [0.25, 0.3) is 5.69 Å². The number of nitrogens with zero attached hydrogens (tertiary/aromatic N) is 2. The van der Waals surface area contributed by atoms with Crippen LogP contribution in [0.15, 0.2) is 40.9 Å². The monoisotopic (exact) mass is 374 g/mol. The van der Waals surface area contributed by atoms with Crippen molar-refractivity contribution in [3.05, 3.63) is 68.7 Å². The van der Waals surface area contributed by atoms with E-state index in [4.69, 9.17) is 16.0 Å². The fourth-order valence-corrected chi connectivity index (χ4v) is 2.95. The second kappa shape index (κ2) is 8.16. The molecule has 7 nitrogen and oxygen atoms in total. The van der Waals surface area contributed by atoms with Crippen molar-refractivity contribution in [2.75, 3.05) is 6.54 Å². The van der Waals surface area contributed by atoms with Crippen molar-refractivity contribution in [2.24, 2.45) is 0 Å². The van der Waals surface area contributed by atoms with Crippen molar-refractivity contribution in [3.8, 4) is 11.3 Å². The number of halogens is 1. The molecule has 0 spiro atoms. The molecule has 0 radical (unpaired) electrons. The molecule has 0 aliphatic carbocycles. The predicted molar refractivity (Wildman–Crippen MR) is 99.2 cm³/mol. The SMILES string of the molecule is Cc1[nH]ncc1CCCNCc1ccc(-c2ccc([N+](=O)[O-])cc2Cl)o1. The van der Waals surface area contributed by atoms with Crippen LogP contribution in [0.1, 0.15) is 23.4 Å². The number of aryl methyl sites for hydroxylation is 2. The molecule has 2 aromatic heterocycles. The molecule has 2 N–H and O–H groups in total. The maximum Gasteiger partial charge on any atom is 0.270 e. The summed E-state index contributed by atoms with van der Waals surface area (Å²) in [5.74, 6) is 1.38. The first kappa shape index (κ1) is 18.2. The van der Waals surface area contributed by atoms with Crippen LogP contribution in [-0.4, -0.2) is 21.7 Å². The minimum Gasteiger partial charge on any atom is -0.460 e. The molecule has 3 aromatic rings. The molecule has 8 heteroatoms. The number of aromatic nitrogens is 2. The van der Waals surface area contributed by atoms with Gasteiger partial charge in [-0.15, -0.1) is 0 Å². The second-order valence-corrected chi connectivity index (χ2v) is 6.39. The minimum atomic E-state index is -0.474. The summed E-state index contributed by atoms with van der Waals surface area (Å²) in [6, 6.07) is 8.04. The van der Waals surface area contributed by atoms with Crippen LogP contribution in [0.5, 0.6) is 0 Å². The van der Waals surface area contributed by atoms with Crippen molar-refractivity contribution < 1.29 is 9.34 Å². The number of nitrogens with one attached hydrogen (secondary N) is 2. The van der Waals surface area contributed by atoms with Gasteiger partial charge in [-0.2, -0.15) is 5.10 Å². The Morgan fingerprint density at radius 1 is 1.35 bits per heavy atom. The molecule has 26 heavy (non-hydrogen) atoms. The lowest BCUT2D eigenvalue weighted by atomic mass is 10.1. The first-order valence-corrected chi connectivity index (χ1v) is 8.65. The van der Waals surface area contributed by atoms with Crippen molar-refractivity contribution in [1.82, 2.24) is 15.5 Å². The van der Waals surface area contributed by atoms with Crippen LogP contribution in [-0.2, 0) is 13.0 Å². The number of non-ortho nitro benzene ring substituents is 1. The molecule has 2 heterocycles. The number of aromatic amines is 1. The largest absolute Gasteiger partial charge is 0.460 e. The summed E-state index contributed by atoms with van der Waals surface area (Å²) in [6.07, 6.45) is 3.83. The van der Waals surface area contributed by atoms with E-state index in [1.54, 1.807) is 6.07 Å². The smallest absolute Gasteiger partial charge is 0.270 e. The average Bonchev–Trinajstić information content (AvgIpc) is 3.24. The van der Waals surface area contributed by atoms with Gasteiger partial charge in [0.1, 0.15) is 11.5 Å². The molecule has 0 aliphatic heterocycles. The highest BCUT2D eigenvalue weighted by atomic mass is 35.5. The van der Waals surface area contributed by atoms with E-state index in [2.05, 4.69) is 15.5 Å². The van der Waals surface area contributed by atoms with Crippen molar-refractivity contribution in [1.29, 1.82) is 0 Å². The third kappa shape index (κ3) is 4.30. The molecular weight excluding hydrogens is 356 g/mol. The lowest BCUT2D eigenvalue weighted by Gasteiger charge is -2.03. The number of benzene rings is 1.